The SMILES string of the molecule is CCCn1cc(OCc2cc(C(=O)NN)ccc2F)cn1. The molecule has 0 saturated heterocycles. The number of nitrogens with zero attached hydrogens (tertiary/aromatic N) is 2. The van der Waals surface area contributed by atoms with Gasteiger partial charge in [-0.2, -0.15) is 5.10 Å². The second-order valence-electron chi connectivity index (χ2n) is 4.51. The topological polar surface area (TPSA) is 82.2 Å². The van der Waals surface area contributed by atoms with E-state index in [0.29, 0.717) is 5.75 Å². The van der Waals surface area contributed by atoms with Crippen LogP contribution in [-0.4, -0.2) is 15.7 Å². The lowest BCUT2D eigenvalue weighted by molar-refractivity contribution is 0.0953. The average molecular weight is 292 g/mol. The van der Waals surface area contributed by atoms with Crippen molar-refractivity contribution in [1.29, 1.82) is 0 Å². The fourth-order valence-corrected chi connectivity index (χ4v) is 1.84. The molecule has 2 aromatic rings. The summed E-state index contributed by atoms with van der Waals surface area (Å²) in [5.41, 5.74) is 2.56. The van der Waals surface area contributed by atoms with Crippen molar-refractivity contribution < 1.29 is 13.9 Å². The van der Waals surface area contributed by atoms with Crippen molar-refractivity contribution >= 4 is 5.91 Å². The zero-order valence-electron chi connectivity index (χ0n) is 11.7. The van der Waals surface area contributed by atoms with Crippen molar-refractivity contribution in [3.05, 3.63) is 47.5 Å². The third-order valence-corrected chi connectivity index (χ3v) is 2.90. The molecule has 21 heavy (non-hydrogen) atoms. The lowest BCUT2D eigenvalue weighted by Gasteiger charge is -2.07. The van der Waals surface area contributed by atoms with E-state index in [1.165, 1.54) is 18.2 Å². The van der Waals surface area contributed by atoms with Crippen LogP contribution < -0.4 is 16.0 Å². The predicted molar refractivity (Wildman–Crippen MR) is 74.9 cm³/mol. The highest BCUT2D eigenvalue weighted by Crippen LogP contribution is 2.15. The number of hydrogen-bond donors (Lipinski definition) is 2. The van der Waals surface area contributed by atoms with Crippen molar-refractivity contribution in [1.82, 2.24) is 15.2 Å². The maximum absolute atomic E-state index is 13.7. The molecule has 0 saturated carbocycles. The Hall–Kier alpha value is -2.41. The number of nitrogens with two attached hydrogens (primary N) is 1. The van der Waals surface area contributed by atoms with Gasteiger partial charge in [0.25, 0.3) is 5.91 Å². The van der Waals surface area contributed by atoms with Gasteiger partial charge in [-0.25, -0.2) is 10.2 Å². The molecular formula is C14H17FN4O2. The number of carbonyl (C=O) groups excluding carboxylic acids is 1. The van der Waals surface area contributed by atoms with E-state index in [1.54, 1.807) is 17.1 Å². The van der Waals surface area contributed by atoms with Crippen molar-refractivity contribution in [3.8, 4) is 5.75 Å². The van der Waals surface area contributed by atoms with E-state index in [1.807, 2.05) is 12.3 Å². The highest BCUT2D eigenvalue weighted by atomic mass is 19.1. The number of aryl methyl sites for hydroxylation is 1. The number of ether oxygens (including phenoxy) is 1. The summed E-state index contributed by atoms with van der Waals surface area (Å²) >= 11 is 0. The Labute approximate surface area is 121 Å². The van der Waals surface area contributed by atoms with Crippen LogP contribution in [0.25, 0.3) is 0 Å². The molecule has 1 amide bonds. The lowest BCUT2D eigenvalue weighted by Crippen LogP contribution is -2.30. The fraction of sp³-hybridized carbons (Fsp3) is 0.286. The first-order valence-electron chi connectivity index (χ1n) is 6.58. The van der Waals surface area contributed by atoms with Crippen LogP contribution in [0.1, 0.15) is 29.3 Å². The monoisotopic (exact) mass is 292 g/mol. The predicted octanol–water partition coefficient (Wildman–Crippen LogP) is 1.61. The molecule has 0 radical (unpaired) electrons. The largest absolute Gasteiger partial charge is 0.486 e. The van der Waals surface area contributed by atoms with Gasteiger partial charge in [-0.15, -0.1) is 0 Å². The minimum atomic E-state index is -0.480. The van der Waals surface area contributed by atoms with Crippen LogP contribution in [0.15, 0.2) is 30.6 Å². The number of nitrogens with one attached hydrogen (secondary N) is 1. The molecule has 0 unspecified atom stereocenters. The molecule has 1 aromatic heterocycles. The van der Waals surface area contributed by atoms with Crippen molar-refractivity contribution in [2.45, 2.75) is 26.5 Å². The molecule has 1 aromatic carbocycles. The van der Waals surface area contributed by atoms with E-state index < -0.39 is 11.7 Å². The number of hydrazine groups is 1. The standard InChI is InChI=1S/C14H17FN4O2/c1-2-5-19-8-12(7-17-19)21-9-11-6-10(14(20)18-16)3-4-13(11)15/h3-4,6-8H,2,5,9,16H2,1H3,(H,18,20). The zero-order valence-corrected chi connectivity index (χ0v) is 11.7. The Morgan fingerprint density at radius 3 is 3.05 bits per heavy atom. The van der Waals surface area contributed by atoms with Gasteiger partial charge in [0.2, 0.25) is 0 Å². The molecule has 0 spiro atoms. The van der Waals surface area contributed by atoms with Crippen LogP contribution in [0.2, 0.25) is 0 Å². The molecule has 0 atom stereocenters. The number of carbonyl (C=O) groups is 1. The Balaban J connectivity index is 2.06. The van der Waals surface area contributed by atoms with Gasteiger partial charge in [0.1, 0.15) is 12.4 Å². The van der Waals surface area contributed by atoms with Gasteiger partial charge in [0.05, 0.1) is 12.4 Å². The molecule has 3 N–H and O–H groups in total. The maximum atomic E-state index is 13.7. The first-order valence-corrected chi connectivity index (χ1v) is 6.58. The molecule has 6 nitrogen and oxygen atoms in total. The van der Waals surface area contributed by atoms with Gasteiger partial charge in [-0.1, -0.05) is 6.92 Å². The summed E-state index contributed by atoms with van der Waals surface area (Å²) in [5.74, 6) is 4.69. The van der Waals surface area contributed by atoms with Gasteiger partial charge in [0, 0.05) is 17.7 Å². The minimum Gasteiger partial charge on any atom is -0.486 e. The Kier molecular flexibility index (Phi) is 4.89. The van der Waals surface area contributed by atoms with Gasteiger partial charge in [0.15, 0.2) is 5.75 Å². The Morgan fingerprint density at radius 1 is 1.52 bits per heavy atom. The quantitative estimate of drug-likeness (QED) is 0.481. The molecular weight excluding hydrogens is 275 g/mol. The average Bonchev–Trinajstić information content (AvgIpc) is 2.93. The van der Waals surface area contributed by atoms with Gasteiger partial charge >= 0.3 is 0 Å². The van der Waals surface area contributed by atoms with E-state index in [9.17, 15) is 9.18 Å². The molecule has 2 rings (SSSR count). The highest BCUT2D eigenvalue weighted by Gasteiger charge is 2.10. The number of hydrogen-bond acceptors (Lipinski definition) is 4. The summed E-state index contributed by atoms with van der Waals surface area (Å²) in [4.78, 5) is 11.4. The highest BCUT2D eigenvalue weighted by molar-refractivity contribution is 5.93. The van der Waals surface area contributed by atoms with Crippen LogP contribution >= 0.6 is 0 Å². The molecule has 0 aliphatic carbocycles. The zero-order chi connectivity index (χ0) is 15.2. The summed E-state index contributed by atoms with van der Waals surface area (Å²) in [6.45, 7) is 2.85. The molecule has 0 aliphatic heterocycles. The summed E-state index contributed by atoms with van der Waals surface area (Å²) in [6.07, 6.45) is 4.29. The van der Waals surface area contributed by atoms with E-state index in [0.717, 1.165) is 13.0 Å². The maximum Gasteiger partial charge on any atom is 0.265 e. The van der Waals surface area contributed by atoms with E-state index in [-0.39, 0.29) is 17.7 Å². The number of nitrogen functional groups attached to an aromatic ring is 1. The number of amides is 1. The summed E-state index contributed by atoms with van der Waals surface area (Å²) < 4.78 is 20.9. The molecule has 1 heterocycles. The summed E-state index contributed by atoms with van der Waals surface area (Å²) in [5, 5.41) is 4.12. The molecule has 112 valence electrons. The molecule has 0 aliphatic rings. The summed E-state index contributed by atoms with van der Waals surface area (Å²) in [7, 11) is 0. The third kappa shape index (κ3) is 3.79. The third-order valence-electron chi connectivity index (χ3n) is 2.90. The first-order chi connectivity index (χ1) is 10.1. The number of halogens is 1. The Morgan fingerprint density at radius 2 is 2.33 bits per heavy atom. The number of benzene rings is 1. The van der Waals surface area contributed by atoms with Crippen molar-refractivity contribution in [2.24, 2.45) is 5.84 Å². The van der Waals surface area contributed by atoms with Crippen LogP contribution in [0.5, 0.6) is 5.75 Å². The lowest BCUT2D eigenvalue weighted by atomic mass is 10.1. The smallest absolute Gasteiger partial charge is 0.265 e. The van der Waals surface area contributed by atoms with Crippen LogP contribution in [0, 0.1) is 5.82 Å². The number of aromatic nitrogens is 2. The molecule has 0 fully saturated rings. The first kappa shape index (κ1) is 15.0. The van der Waals surface area contributed by atoms with Gasteiger partial charge in [-0.3, -0.25) is 14.9 Å². The van der Waals surface area contributed by atoms with Crippen LogP contribution in [0.4, 0.5) is 4.39 Å². The van der Waals surface area contributed by atoms with E-state index in [4.69, 9.17) is 10.6 Å². The second-order valence-corrected chi connectivity index (χ2v) is 4.51. The van der Waals surface area contributed by atoms with E-state index >= 15 is 0 Å². The minimum absolute atomic E-state index is 0.00927. The molecule has 7 heteroatoms. The second kappa shape index (κ2) is 6.85. The Bertz CT molecular complexity index is 627. The van der Waals surface area contributed by atoms with E-state index in [2.05, 4.69) is 5.10 Å². The number of rotatable bonds is 6. The van der Waals surface area contributed by atoms with Crippen molar-refractivity contribution in [2.75, 3.05) is 0 Å². The van der Waals surface area contributed by atoms with Crippen molar-refractivity contribution in [3.63, 3.8) is 0 Å². The fourth-order valence-electron chi connectivity index (χ4n) is 1.84. The van der Waals surface area contributed by atoms with Gasteiger partial charge < -0.3 is 4.74 Å². The van der Waals surface area contributed by atoms with Crippen LogP contribution in [-0.2, 0) is 13.2 Å². The normalized spacial score (nSPS) is 10.4. The van der Waals surface area contributed by atoms with Gasteiger partial charge in [-0.05, 0) is 24.6 Å². The van der Waals surface area contributed by atoms with Crippen LogP contribution in [0.3, 0.4) is 0 Å². The molecule has 0 bridgehead atoms. The summed E-state index contributed by atoms with van der Waals surface area (Å²) in [6, 6.07) is 3.98.